The molecular formula is C17H23N. The summed E-state index contributed by atoms with van der Waals surface area (Å²) in [5, 5.41) is 3.95. The molecule has 1 aliphatic heterocycles. The van der Waals surface area contributed by atoms with E-state index in [2.05, 4.69) is 42.2 Å². The predicted octanol–water partition coefficient (Wildman–Crippen LogP) is 4.15. The van der Waals surface area contributed by atoms with Crippen LogP contribution in [0.25, 0.3) is 0 Å². The molecule has 1 spiro atoms. The molecule has 0 unspecified atom stereocenters. The molecule has 1 heterocycles. The van der Waals surface area contributed by atoms with E-state index in [-0.39, 0.29) is 0 Å². The van der Waals surface area contributed by atoms with Crippen molar-refractivity contribution in [2.45, 2.75) is 56.5 Å². The standard InChI is InChI=1S/C17H23N/c1-2-8-16-15-10-5-4-9-14(15)13-17(18-16)11-6-3-7-12-17/h2,4-5,9-10,16,18H,1,3,6-8,11-13H2/t16-/m1/s1. The van der Waals surface area contributed by atoms with Crippen molar-refractivity contribution < 1.29 is 0 Å². The summed E-state index contributed by atoms with van der Waals surface area (Å²) < 4.78 is 0. The van der Waals surface area contributed by atoms with Crippen LogP contribution in [0.5, 0.6) is 0 Å². The summed E-state index contributed by atoms with van der Waals surface area (Å²) in [6.45, 7) is 3.92. The van der Waals surface area contributed by atoms with Crippen LogP contribution in [0.2, 0.25) is 0 Å². The Bertz CT molecular complexity index is 429. The molecule has 1 aromatic carbocycles. The van der Waals surface area contributed by atoms with Crippen LogP contribution >= 0.6 is 0 Å². The molecule has 0 aromatic heterocycles. The Morgan fingerprint density at radius 3 is 2.78 bits per heavy atom. The second-order valence-corrected chi connectivity index (χ2v) is 5.94. The van der Waals surface area contributed by atoms with Crippen molar-refractivity contribution in [2.24, 2.45) is 0 Å². The summed E-state index contributed by atoms with van der Waals surface area (Å²) >= 11 is 0. The smallest absolute Gasteiger partial charge is 0.0362 e. The Labute approximate surface area is 110 Å². The average molecular weight is 241 g/mol. The zero-order valence-corrected chi connectivity index (χ0v) is 11.1. The number of hydrogen-bond donors (Lipinski definition) is 1. The van der Waals surface area contributed by atoms with Gasteiger partial charge in [0.15, 0.2) is 0 Å². The van der Waals surface area contributed by atoms with Gasteiger partial charge in [-0.25, -0.2) is 0 Å². The molecule has 1 aromatic rings. The fraction of sp³-hybridized carbons (Fsp3) is 0.529. The lowest BCUT2D eigenvalue weighted by Gasteiger charge is -2.46. The molecule has 1 heteroatoms. The van der Waals surface area contributed by atoms with E-state index in [9.17, 15) is 0 Å². The first-order valence-corrected chi connectivity index (χ1v) is 7.29. The van der Waals surface area contributed by atoms with E-state index < -0.39 is 0 Å². The van der Waals surface area contributed by atoms with E-state index in [0.717, 1.165) is 6.42 Å². The van der Waals surface area contributed by atoms with E-state index >= 15 is 0 Å². The number of nitrogens with one attached hydrogen (secondary N) is 1. The summed E-state index contributed by atoms with van der Waals surface area (Å²) in [7, 11) is 0. The summed E-state index contributed by atoms with van der Waals surface area (Å²) in [4.78, 5) is 0. The van der Waals surface area contributed by atoms with Gasteiger partial charge in [-0.15, -0.1) is 6.58 Å². The molecule has 0 amide bonds. The van der Waals surface area contributed by atoms with Crippen molar-refractivity contribution >= 4 is 0 Å². The number of rotatable bonds is 2. The monoisotopic (exact) mass is 241 g/mol. The van der Waals surface area contributed by atoms with Gasteiger partial charge in [-0.05, 0) is 36.8 Å². The normalized spacial score (nSPS) is 25.7. The van der Waals surface area contributed by atoms with Gasteiger partial charge in [0.2, 0.25) is 0 Å². The lowest BCUT2D eigenvalue weighted by Crippen LogP contribution is -2.53. The van der Waals surface area contributed by atoms with E-state index in [1.807, 2.05) is 0 Å². The van der Waals surface area contributed by atoms with Gasteiger partial charge in [-0.3, -0.25) is 0 Å². The summed E-state index contributed by atoms with van der Waals surface area (Å²) in [5.74, 6) is 0. The lowest BCUT2D eigenvalue weighted by atomic mass is 9.72. The molecule has 0 radical (unpaired) electrons. The minimum atomic E-state index is 0.375. The molecule has 3 rings (SSSR count). The minimum Gasteiger partial charge on any atom is -0.304 e. The zero-order valence-electron chi connectivity index (χ0n) is 11.1. The molecule has 1 saturated carbocycles. The van der Waals surface area contributed by atoms with E-state index in [1.54, 1.807) is 5.56 Å². The van der Waals surface area contributed by atoms with E-state index in [1.165, 1.54) is 44.1 Å². The molecule has 0 bridgehead atoms. The van der Waals surface area contributed by atoms with Crippen molar-refractivity contribution in [3.05, 3.63) is 48.0 Å². The van der Waals surface area contributed by atoms with Crippen LogP contribution in [-0.4, -0.2) is 5.54 Å². The van der Waals surface area contributed by atoms with Crippen LogP contribution in [0.4, 0.5) is 0 Å². The fourth-order valence-electron chi connectivity index (χ4n) is 3.80. The minimum absolute atomic E-state index is 0.375. The van der Waals surface area contributed by atoms with Gasteiger partial charge in [-0.1, -0.05) is 49.6 Å². The van der Waals surface area contributed by atoms with Crippen LogP contribution in [-0.2, 0) is 6.42 Å². The van der Waals surface area contributed by atoms with Gasteiger partial charge in [0.25, 0.3) is 0 Å². The maximum absolute atomic E-state index is 3.95. The maximum Gasteiger partial charge on any atom is 0.0362 e. The van der Waals surface area contributed by atoms with Crippen LogP contribution in [0.3, 0.4) is 0 Å². The van der Waals surface area contributed by atoms with Gasteiger partial charge < -0.3 is 5.32 Å². The molecule has 1 aliphatic carbocycles. The molecule has 96 valence electrons. The Hall–Kier alpha value is -1.08. The highest BCUT2D eigenvalue weighted by Crippen LogP contribution is 2.39. The molecular weight excluding hydrogens is 218 g/mol. The summed E-state index contributed by atoms with van der Waals surface area (Å²) in [6, 6.07) is 9.43. The second-order valence-electron chi connectivity index (χ2n) is 5.94. The molecule has 1 N–H and O–H groups in total. The van der Waals surface area contributed by atoms with E-state index in [0.29, 0.717) is 11.6 Å². The quantitative estimate of drug-likeness (QED) is 0.767. The topological polar surface area (TPSA) is 12.0 Å². The number of hydrogen-bond acceptors (Lipinski definition) is 1. The van der Waals surface area contributed by atoms with Crippen molar-refractivity contribution in [2.75, 3.05) is 0 Å². The number of benzene rings is 1. The third-order valence-electron chi connectivity index (χ3n) is 4.65. The van der Waals surface area contributed by atoms with Gasteiger partial charge in [-0.2, -0.15) is 0 Å². The molecule has 1 fully saturated rings. The van der Waals surface area contributed by atoms with Gasteiger partial charge >= 0.3 is 0 Å². The Balaban J connectivity index is 1.93. The third kappa shape index (κ3) is 2.12. The molecule has 18 heavy (non-hydrogen) atoms. The zero-order chi connectivity index (χ0) is 12.4. The largest absolute Gasteiger partial charge is 0.304 e. The van der Waals surface area contributed by atoms with Gasteiger partial charge in [0.1, 0.15) is 0 Å². The average Bonchev–Trinajstić information content (AvgIpc) is 2.40. The summed E-state index contributed by atoms with van der Waals surface area (Å²) in [6.07, 6.45) is 11.2. The maximum atomic E-state index is 3.95. The first-order valence-electron chi connectivity index (χ1n) is 7.29. The number of fused-ring (bicyclic) bond motifs is 1. The van der Waals surface area contributed by atoms with E-state index in [4.69, 9.17) is 0 Å². The third-order valence-corrected chi connectivity index (χ3v) is 4.65. The molecule has 1 nitrogen and oxygen atoms in total. The van der Waals surface area contributed by atoms with Crippen LogP contribution < -0.4 is 5.32 Å². The Kier molecular flexibility index (Phi) is 3.25. The predicted molar refractivity (Wildman–Crippen MR) is 76.7 cm³/mol. The van der Waals surface area contributed by atoms with Crippen molar-refractivity contribution in [3.63, 3.8) is 0 Å². The Morgan fingerprint density at radius 1 is 1.22 bits per heavy atom. The van der Waals surface area contributed by atoms with Crippen molar-refractivity contribution in [3.8, 4) is 0 Å². The van der Waals surface area contributed by atoms with Crippen LogP contribution in [0.15, 0.2) is 36.9 Å². The fourth-order valence-corrected chi connectivity index (χ4v) is 3.80. The highest BCUT2D eigenvalue weighted by Gasteiger charge is 2.38. The van der Waals surface area contributed by atoms with Crippen LogP contribution in [0, 0.1) is 0 Å². The first-order chi connectivity index (χ1) is 8.83. The SMILES string of the molecule is C=CC[C@H]1NC2(CCCCC2)Cc2ccccc21. The van der Waals surface area contributed by atoms with Crippen molar-refractivity contribution in [1.82, 2.24) is 5.32 Å². The second kappa shape index (κ2) is 4.89. The summed E-state index contributed by atoms with van der Waals surface area (Å²) in [5.41, 5.74) is 3.43. The molecule has 0 saturated heterocycles. The lowest BCUT2D eigenvalue weighted by molar-refractivity contribution is 0.191. The first kappa shape index (κ1) is 12.0. The highest BCUT2D eigenvalue weighted by atomic mass is 15.0. The molecule has 1 atom stereocenters. The Morgan fingerprint density at radius 2 is 2.00 bits per heavy atom. The van der Waals surface area contributed by atoms with Crippen molar-refractivity contribution in [1.29, 1.82) is 0 Å². The highest BCUT2D eigenvalue weighted by molar-refractivity contribution is 5.35. The van der Waals surface area contributed by atoms with Gasteiger partial charge in [0, 0.05) is 11.6 Å². The molecule has 2 aliphatic rings. The van der Waals surface area contributed by atoms with Gasteiger partial charge in [0.05, 0.1) is 0 Å². The van der Waals surface area contributed by atoms with Crippen LogP contribution in [0.1, 0.15) is 55.7 Å².